The van der Waals surface area contributed by atoms with Crippen LogP contribution in [0.2, 0.25) is 5.02 Å². The van der Waals surface area contributed by atoms with Crippen molar-refractivity contribution in [3.8, 4) is 22.8 Å². The highest BCUT2D eigenvalue weighted by Crippen LogP contribution is 2.36. The van der Waals surface area contributed by atoms with E-state index in [4.69, 9.17) is 21.4 Å². The third-order valence-electron chi connectivity index (χ3n) is 8.00. The Morgan fingerprint density at radius 1 is 0.857 bits per heavy atom. The lowest BCUT2D eigenvalue weighted by Crippen LogP contribution is -2.10. The van der Waals surface area contributed by atoms with Crippen LogP contribution in [0.1, 0.15) is 43.0 Å². The van der Waals surface area contributed by atoms with Crippen molar-refractivity contribution in [2.45, 2.75) is 55.8 Å². The van der Waals surface area contributed by atoms with Crippen molar-refractivity contribution in [1.82, 2.24) is 14.8 Å². The summed E-state index contributed by atoms with van der Waals surface area (Å²) in [7, 11) is 0. The monoisotopic (exact) mass is 688 g/mol. The number of halogens is 1. The quantitative estimate of drug-likeness (QED) is 0.132. The molecule has 5 aromatic carbocycles. The first-order valence-electron chi connectivity index (χ1n) is 16.0. The molecule has 0 saturated carbocycles. The van der Waals surface area contributed by atoms with Crippen molar-refractivity contribution in [1.29, 1.82) is 0 Å². The minimum Gasteiger partial charge on any atom is -0.489 e. The molecule has 0 spiro atoms. The van der Waals surface area contributed by atoms with Gasteiger partial charge in [-0.3, -0.25) is 9.36 Å². The molecule has 0 aliphatic carbocycles. The Kier molecular flexibility index (Phi) is 10.4. The van der Waals surface area contributed by atoms with Crippen LogP contribution in [-0.2, 0) is 29.8 Å². The number of carbonyl (C=O) groups is 1. The zero-order chi connectivity index (χ0) is 34.4. The van der Waals surface area contributed by atoms with E-state index in [-0.39, 0.29) is 11.8 Å². The van der Waals surface area contributed by atoms with E-state index in [1.807, 2.05) is 84.9 Å². The Balaban J connectivity index is 1.30. The summed E-state index contributed by atoms with van der Waals surface area (Å²) in [4.78, 5) is 12.0. The maximum atomic E-state index is 11.1. The van der Waals surface area contributed by atoms with E-state index in [1.165, 1.54) is 17.3 Å². The lowest BCUT2D eigenvalue weighted by Gasteiger charge is -2.19. The van der Waals surface area contributed by atoms with E-state index in [9.17, 15) is 4.79 Å². The molecule has 6 aromatic rings. The molecule has 9 heteroatoms. The van der Waals surface area contributed by atoms with Gasteiger partial charge >= 0.3 is 5.97 Å². The van der Waals surface area contributed by atoms with E-state index in [0.717, 1.165) is 50.1 Å². The first-order chi connectivity index (χ1) is 23.6. The van der Waals surface area contributed by atoms with Gasteiger partial charge in [0.25, 0.3) is 0 Å². The van der Waals surface area contributed by atoms with Crippen molar-refractivity contribution in [3.05, 3.63) is 149 Å². The first kappa shape index (κ1) is 33.8. The summed E-state index contributed by atoms with van der Waals surface area (Å²) in [6.07, 6.45) is -0.00631. The predicted molar refractivity (Wildman–Crippen MR) is 197 cm³/mol. The van der Waals surface area contributed by atoms with E-state index in [1.54, 1.807) is 0 Å². The summed E-state index contributed by atoms with van der Waals surface area (Å²) in [6.45, 7) is 7.54. The van der Waals surface area contributed by atoms with Crippen LogP contribution in [0.25, 0.3) is 17.1 Å². The second-order valence-electron chi connectivity index (χ2n) is 12.7. The number of carboxylic acid groups (broad SMARTS) is 1. The van der Waals surface area contributed by atoms with E-state index in [0.29, 0.717) is 23.3 Å². The number of hydrogen-bond acceptors (Lipinski definition) is 6. The lowest BCUT2D eigenvalue weighted by molar-refractivity contribution is -0.136. The van der Waals surface area contributed by atoms with E-state index < -0.39 is 5.97 Å². The summed E-state index contributed by atoms with van der Waals surface area (Å²) < 4.78 is 8.47. The zero-order valence-corrected chi connectivity index (χ0v) is 29.1. The molecule has 0 atom stereocenters. The Labute approximate surface area is 296 Å². The second kappa shape index (κ2) is 15.0. The number of ether oxygens (including phenoxy) is 1. The highest BCUT2D eigenvalue weighted by Gasteiger charge is 2.20. The molecule has 0 radical (unpaired) electrons. The molecule has 2 N–H and O–H groups in total. The molecule has 0 aliphatic heterocycles. The van der Waals surface area contributed by atoms with Crippen LogP contribution < -0.4 is 10.1 Å². The smallest absolute Gasteiger partial charge is 0.307 e. The minimum absolute atomic E-state index is 0.00631. The molecular formula is C40H37ClN4O3S. The Morgan fingerprint density at radius 2 is 1.57 bits per heavy atom. The average molecular weight is 689 g/mol. The topological polar surface area (TPSA) is 89.3 Å². The number of benzene rings is 5. The molecule has 0 saturated heterocycles. The molecule has 1 heterocycles. The van der Waals surface area contributed by atoms with Crippen LogP contribution in [0.5, 0.6) is 5.75 Å². The van der Waals surface area contributed by atoms with Crippen molar-refractivity contribution in [3.63, 3.8) is 0 Å². The third kappa shape index (κ3) is 8.71. The third-order valence-corrected chi connectivity index (χ3v) is 9.19. The van der Waals surface area contributed by atoms with Crippen molar-refractivity contribution >= 4 is 35.0 Å². The molecule has 0 bridgehead atoms. The fourth-order valence-corrected chi connectivity index (χ4v) is 6.30. The van der Waals surface area contributed by atoms with Crippen LogP contribution in [0.3, 0.4) is 0 Å². The summed E-state index contributed by atoms with van der Waals surface area (Å²) in [6, 6.07) is 39.9. The number of aliphatic carboxylic acids is 1. The summed E-state index contributed by atoms with van der Waals surface area (Å²) in [5, 5.41) is 23.2. The number of aromatic nitrogens is 3. The maximum Gasteiger partial charge on any atom is 0.307 e. The summed E-state index contributed by atoms with van der Waals surface area (Å²) in [5.41, 5.74) is 6.85. The molecule has 6 rings (SSSR count). The Bertz CT molecular complexity index is 2020. The molecule has 1 aromatic heterocycles. The fraction of sp³-hybridized carbons (Fsp3) is 0.175. The Hall–Kier alpha value is -5.05. The number of nitrogens with zero attached hydrogens (tertiary/aromatic N) is 3. The van der Waals surface area contributed by atoms with Gasteiger partial charge in [0.1, 0.15) is 12.4 Å². The van der Waals surface area contributed by atoms with E-state index in [2.05, 4.69) is 77.3 Å². The lowest BCUT2D eigenvalue weighted by atomic mass is 9.87. The number of hydrogen-bond donors (Lipinski definition) is 2. The van der Waals surface area contributed by atoms with Gasteiger partial charge in [0.2, 0.25) is 5.16 Å². The van der Waals surface area contributed by atoms with Crippen LogP contribution in [-0.4, -0.2) is 25.8 Å². The van der Waals surface area contributed by atoms with Gasteiger partial charge in [0, 0.05) is 39.0 Å². The standard InChI is InChI=1S/C40H37ClN4O3S/c1-40(2,3)31-14-11-29(12-15-31)38-43-44-39(45(38)34-20-16-32(41)17-21-34)49-35-22-13-30(36(24-35)48-26-28-7-5-4-6-8-28)25-42-33-18-9-27(10-19-33)23-37(46)47/h4-22,24,42H,23,25-26H2,1-3H3,(H,46,47). The highest BCUT2D eigenvalue weighted by atomic mass is 35.5. The van der Waals surface area contributed by atoms with Gasteiger partial charge in [0.05, 0.1) is 6.42 Å². The van der Waals surface area contributed by atoms with Crippen molar-refractivity contribution < 1.29 is 14.6 Å². The van der Waals surface area contributed by atoms with Gasteiger partial charge in [-0.25, -0.2) is 0 Å². The van der Waals surface area contributed by atoms with Crippen LogP contribution >= 0.6 is 23.4 Å². The number of rotatable bonds is 12. The molecule has 0 unspecified atom stereocenters. The van der Waals surface area contributed by atoms with Crippen LogP contribution in [0, 0.1) is 0 Å². The maximum absolute atomic E-state index is 11.1. The fourth-order valence-electron chi connectivity index (χ4n) is 5.30. The zero-order valence-electron chi connectivity index (χ0n) is 27.6. The van der Waals surface area contributed by atoms with Gasteiger partial charge in [-0.05, 0) is 82.4 Å². The molecule has 248 valence electrons. The molecular weight excluding hydrogens is 652 g/mol. The van der Waals surface area contributed by atoms with Crippen molar-refractivity contribution in [2.75, 3.05) is 5.32 Å². The molecule has 0 amide bonds. The normalized spacial score (nSPS) is 11.3. The van der Waals surface area contributed by atoms with Gasteiger partial charge < -0.3 is 15.2 Å². The second-order valence-corrected chi connectivity index (χ2v) is 14.2. The minimum atomic E-state index is -0.851. The summed E-state index contributed by atoms with van der Waals surface area (Å²) in [5.74, 6) is 0.636. The summed E-state index contributed by atoms with van der Waals surface area (Å²) >= 11 is 7.78. The molecule has 0 aliphatic rings. The van der Waals surface area contributed by atoms with Crippen LogP contribution in [0.15, 0.2) is 131 Å². The van der Waals surface area contributed by atoms with Gasteiger partial charge in [0.15, 0.2) is 5.82 Å². The van der Waals surface area contributed by atoms with Gasteiger partial charge in [-0.2, -0.15) is 0 Å². The number of nitrogens with one attached hydrogen (secondary N) is 1. The molecule has 49 heavy (non-hydrogen) atoms. The largest absolute Gasteiger partial charge is 0.489 e. The van der Waals surface area contributed by atoms with Gasteiger partial charge in [-0.1, -0.05) is 105 Å². The number of anilines is 1. The van der Waals surface area contributed by atoms with Crippen molar-refractivity contribution in [2.24, 2.45) is 0 Å². The highest BCUT2D eigenvalue weighted by molar-refractivity contribution is 7.99. The molecule has 7 nitrogen and oxygen atoms in total. The number of carboxylic acids is 1. The van der Waals surface area contributed by atoms with Crippen LogP contribution in [0.4, 0.5) is 5.69 Å². The SMILES string of the molecule is CC(C)(C)c1ccc(-c2nnc(Sc3ccc(CNc4ccc(CC(=O)O)cc4)c(OCc4ccccc4)c3)n2-c2ccc(Cl)cc2)cc1. The van der Waals surface area contributed by atoms with E-state index >= 15 is 0 Å². The first-order valence-corrected chi connectivity index (χ1v) is 17.2. The molecule has 0 fully saturated rings. The van der Waals surface area contributed by atoms with Gasteiger partial charge in [-0.15, -0.1) is 10.2 Å². The Morgan fingerprint density at radius 3 is 2.24 bits per heavy atom. The predicted octanol–water partition coefficient (Wildman–Crippen LogP) is 9.85. The average Bonchev–Trinajstić information content (AvgIpc) is 3.51.